The Morgan fingerprint density at radius 3 is 2.87 bits per heavy atom. The van der Waals surface area contributed by atoms with E-state index in [0.717, 1.165) is 11.1 Å². The van der Waals surface area contributed by atoms with E-state index in [1.165, 1.54) is 0 Å². The van der Waals surface area contributed by atoms with Gasteiger partial charge in [-0.05, 0) is 11.6 Å². The van der Waals surface area contributed by atoms with Crippen LogP contribution in [-0.2, 0) is 9.53 Å². The van der Waals surface area contributed by atoms with Crippen molar-refractivity contribution >= 4 is 5.78 Å². The number of allylic oxidation sites excluding steroid dienone is 4. The molecule has 1 aliphatic carbocycles. The van der Waals surface area contributed by atoms with Crippen LogP contribution < -0.4 is 0 Å². The second-order valence-electron chi connectivity index (χ2n) is 5.27. The van der Waals surface area contributed by atoms with Crippen LogP contribution in [0.25, 0.3) is 0 Å². The highest BCUT2D eigenvalue weighted by molar-refractivity contribution is 6.00. The summed E-state index contributed by atoms with van der Waals surface area (Å²) >= 11 is 0. The van der Waals surface area contributed by atoms with E-state index in [2.05, 4.69) is 6.07 Å². The first-order valence-electron chi connectivity index (χ1n) is 7.45. The van der Waals surface area contributed by atoms with Gasteiger partial charge in [0.2, 0.25) is 0 Å². The first-order valence-corrected chi connectivity index (χ1v) is 7.45. The predicted octanol–water partition coefficient (Wildman–Crippen LogP) is 3.39. The van der Waals surface area contributed by atoms with Crippen LogP contribution in [0.3, 0.4) is 0 Å². The second kappa shape index (κ2) is 6.80. The molecule has 3 rings (SSSR count). The largest absolute Gasteiger partial charge is 0.462 e. The Kier molecular flexibility index (Phi) is 4.39. The molecule has 0 saturated heterocycles. The summed E-state index contributed by atoms with van der Waals surface area (Å²) in [6.45, 7) is 0.590. The lowest BCUT2D eigenvalue weighted by molar-refractivity contribution is -0.115. The van der Waals surface area contributed by atoms with Crippen LogP contribution in [0, 0.1) is 11.3 Å². The number of carbonyl (C=O) groups excluding carboxylic acids is 1. The summed E-state index contributed by atoms with van der Waals surface area (Å²) in [5.74, 6) is 0.310. The van der Waals surface area contributed by atoms with Crippen molar-refractivity contribution in [3.8, 4) is 6.07 Å². The zero-order valence-corrected chi connectivity index (χ0v) is 12.6. The fourth-order valence-electron chi connectivity index (χ4n) is 2.67. The van der Waals surface area contributed by atoms with Gasteiger partial charge >= 0.3 is 0 Å². The molecule has 1 atom stereocenters. The van der Waals surface area contributed by atoms with Gasteiger partial charge < -0.3 is 9.64 Å². The SMILES string of the molecule is N#CCCN1C=COC(C2=CC=CC(=O)C2c2ccccc2)=C1. The predicted molar refractivity (Wildman–Crippen MR) is 86.7 cm³/mol. The number of benzene rings is 1. The molecule has 0 radical (unpaired) electrons. The minimum absolute atomic E-state index is 0.0383. The van der Waals surface area contributed by atoms with Gasteiger partial charge in [0.1, 0.15) is 12.0 Å². The quantitative estimate of drug-likeness (QED) is 0.855. The molecule has 0 bridgehead atoms. The van der Waals surface area contributed by atoms with Crippen LogP contribution >= 0.6 is 0 Å². The highest BCUT2D eigenvalue weighted by Gasteiger charge is 2.29. The average molecular weight is 304 g/mol. The second-order valence-corrected chi connectivity index (χ2v) is 5.27. The number of ketones is 1. The third-order valence-corrected chi connectivity index (χ3v) is 3.76. The number of rotatable bonds is 4. The van der Waals surface area contributed by atoms with Crippen molar-refractivity contribution in [3.63, 3.8) is 0 Å². The maximum absolute atomic E-state index is 12.4. The molecule has 0 fully saturated rings. The number of ether oxygens (including phenoxy) is 1. The van der Waals surface area contributed by atoms with E-state index in [9.17, 15) is 4.79 Å². The van der Waals surface area contributed by atoms with Crippen molar-refractivity contribution < 1.29 is 9.53 Å². The third kappa shape index (κ3) is 3.24. The number of hydrogen-bond donors (Lipinski definition) is 0. The maximum atomic E-state index is 12.4. The molecule has 23 heavy (non-hydrogen) atoms. The zero-order chi connectivity index (χ0) is 16.1. The van der Waals surface area contributed by atoms with E-state index in [1.807, 2.05) is 47.5 Å². The number of nitriles is 1. The summed E-state index contributed by atoms with van der Waals surface area (Å²) in [5.41, 5.74) is 1.77. The Hall–Kier alpha value is -3.06. The first-order chi connectivity index (χ1) is 11.3. The molecular weight excluding hydrogens is 288 g/mol. The monoisotopic (exact) mass is 304 g/mol. The van der Waals surface area contributed by atoms with Crippen molar-refractivity contribution in [1.82, 2.24) is 4.90 Å². The topological polar surface area (TPSA) is 53.3 Å². The van der Waals surface area contributed by atoms with Crippen LogP contribution in [-0.4, -0.2) is 17.2 Å². The number of nitrogens with zero attached hydrogens (tertiary/aromatic N) is 2. The van der Waals surface area contributed by atoms with Crippen LogP contribution in [0.5, 0.6) is 0 Å². The van der Waals surface area contributed by atoms with E-state index in [-0.39, 0.29) is 11.7 Å². The Morgan fingerprint density at radius 2 is 2.09 bits per heavy atom. The van der Waals surface area contributed by atoms with Gasteiger partial charge in [-0.3, -0.25) is 4.79 Å². The van der Waals surface area contributed by atoms with Crippen molar-refractivity contribution in [2.75, 3.05) is 6.54 Å². The van der Waals surface area contributed by atoms with Crippen LogP contribution in [0.2, 0.25) is 0 Å². The molecule has 1 aliphatic heterocycles. The van der Waals surface area contributed by atoms with Crippen molar-refractivity contribution in [2.45, 2.75) is 12.3 Å². The van der Waals surface area contributed by atoms with Gasteiger partial charge in [0.15, 0.2) is 5.78 Å². The Morgan fingerprint density at radius 1 is 1.26 bits per heavy atom. The van der Waals surface area contributed by atoms with Crippen LogP contribution in [0.15, 0.2) is 78.6 Å². The lowest BCUT2D eigenvalue weighted by Crippen LogP contribution is -2.21. The molecule has 1 heterocycles. The smallest absolute Gasteiger partial charge is 0.167 e. The Labute approximate surface area is 135 Å². The summed E-state index contributed by atoms with van der Waals surface area (Å²) in [5, 5.41) is 8.72. The van der Waals surface area contributed by atoms with E-state index >= 15 is 0 Å². The van der Waals surface area contributed by atoms with Gasteiger partial charge in [0.05, 0.1) is 18.4 Å². The minimum Gasteiger partial charge on any atom is -0.462 e. The molecule has 4 heteroatoms. The van der Waals surface area contributed by atoms with Gasteiger partial charge in [0, 0.05) is 24.5 Å². The standard InChI is InChI=1S/C19H16N2O2/c20-10-5-11-21-12-13-23-18(14-21)16-8-4-9-17(22)19(16)15-6-2-1-3-7-15/h1-4,6-9,12-14,19H,5,11H2. The molecule has 0 aromatic heterocycles. The lowest BCUT2D eigenvalue weighted by atomic mass is 9.83. The zero-order valence-electron chi connectivity index (χ0n) is 12.6. The molecule has 1 aromatic carbocycles. The normalized spacial score (nSPS) is 19.7. The summed E-state index contributed by atoms with van der Waals surface area (Å²) < 4.78 is 5.63. The third-order valence-electron chi connectivity index (χ3n) is 3.76. The minimum atomic E-state index is -0.364. The Bertz CT molecular complexity index is 751. The van der Waals surface area contributed by atoms with Gasteiger partial charge in [-0.1, -0.05) is 42.5 Å². The van der Waals surface area contributed by atoms with E-state index in [0.29, 0.717) is 18.7 Å². The molecule has 0 N–H and O–H groups in total. The van der Waals surface area contributed by atoms with E-state index in [4.69, 9.17) is 10.00 Å². The highest BCUT2D eigenvalue weighted by Crippen LogP contribution is 2.35. The first kappa shape index (κ1) is 14.9. The summed E-state index contributed by atoms with van der Waals surface area (Å²) in [6.07, 6.45) is 10.9. The molecule has 0 spiro atoms. The van der Waals surface area contributed by atoms with Crippen molar-refractivity contribution in [3.05, 3.63) is 84.1 Å². The summed E-state index contributed by atoms with van der Waals surface area (Å²) in [6, 6.07) is 11.8. The Balaban J connectivity index is 1.92. The fourth-order valence-corrected chi connectivity index (χ4v) is 2.67. The van der Waals surface area contributed by atoms with Gasteiger partial charge in [0.25, 0.3) is 0 Å². The van der Waals surface area contributed by atoms with E-state index in [1.54, 1.807) is 24.6 Å². The lowest BCUT2D eigenvalue weighted by Gasteiger charge is -2.26. The molecular formula is C19H16N2O2. The van der Waals surface area contributed by atoms with Gasteiger partial charge in [-0.2, -0.15) is 5.26 Å². The molecule has 1 unspecified atom stereocenters. The maximum Gasteiger partial charge on any atom is 0.167 e. The molecule has 0 amide bonds. The van der Waals surface area contributed by atoms with Crippen LogP contribution in [0.1, 0.15) is 17.9 Å². The molecule has 2 aliphatic rings. The highest BCUT2D eigenvalue weighted by atomic mass is 16.5. The average Bonchev–Trinajstić information content (AvgIpc) is 2.61. The summed E-state index contributed by atoms with van der Waals surface area (Å²) in [7, 11) is 0. The summed E-state index contributed by atoms with van der Waals surface area (Å²) in [4.78, 5) is 14.3. The molecule has 114 valence electrons. The van der Waals surface area contributed by atoms with E-state index < -0.39 is 0 Å². The van der Waals surface area contributed by atoms with Crippen molar-refractivity contribution in [2.24, 2.45) is 0 Å². The molecule has 1 aromatic rings. The van der Waals surface area contributed by atoms with Crippen LogP contribution in [0.4, 0.5) is 0 Å². The number of carbonyl (C=O) groups is 1. The van der Waals surface area contributed by atoms with Gasteiger partial charge in [-0.15, -0.1) is 0 Å². The molecule has 0 saturated carbocycles. The van der Waals surface area contributed by atoms with Crippen molar-refractivity contribution in [1.29, 1.82) is 5.26 Å². The molecule has 4 nitrogen and oxygen atoms in total. The fraction of sp³-hybridized carbons (Fsp3) is 0.158. The number of hydrogen-bond acceptors (Lipinski definition) is 4. The van der Waals surface area contributed by atoms with Gasteiger partial charge in [-0.25, -0.2) is 0 Å².